The maximum Gasteiger partial charge on any atom is 0.229 e. The number of nitrogens with zero attached hydrogens (tertiary/aromatic N) is 1. The van der Waals surface area contributed by atoms with Gasteiger partial charge in [0.1, 0.15) is 0 Å². The number of rotatable bonds is 5. The Morgan fingerprint density at radius 2 is 1.89 bits per heavy atom. The van der Waals surface area contributed by atoms with Gasteiger partial charge in [-0.15, -0.1) is 0 Å². The van der Waals surface area contributed by atoms with E-state index in [2.05, 4.69) is 4.90 Å². The Bertz CT molecular complexity index is 404. The summed E-state index contributed by atoms with van der Waals surface area (Å²) in [6, 6.07) is 8.93. The van der Waals surface area contributed by atoms with E-state index in [-0.39, 0.29) is 0 Å². The Balaban J connectivity index is 1.80. The zero-order valence-electron chi connectivity index (χ0n) is 10.5. The van der Waals surface area contributed by atoms with Crippen molar-refractivity contribution >= 4 is 12.7 Å². The van der Waals surface area contributed by atoms with Crippen LogP contribution >= 0.6 is 7.37 Å². The van der Waals surface area contributed by atoms with Gasteiger partial charge in [-0.1, -0.05) is 18.2 Å². The largest absolute Gasteiger partial charge is 0.379 e. The fraction of sp³-hybridized carbons (Fsp3) is 0.538. The van der Waals surface area contributed by atoms with Crippen LogP contribution in [0.25, 0.3) is 0 Å². The predicted octanol–water partition coefficient (Wildman–Crippen LogP) is 1.30. The molecule has 18 heavy (non-hydrogen) atoms. The molecular weight excluding hydrogens is 249 g/mol. The molecule has 0 aliphatic carbocycles. The Hall–Kier alpha value is -0.670. The van der Waals surface area contributed by atoms with Gasteiger partial charge in [0.25, 0.3) is 0 Å². The fourth-order valence-corrected chi connectivity index (χ4v) is 3.59. The molecule has 1 atom stereocenters. The molecule has 1 fully saturated rings. The van der Waals surface area contributed by atoms with Gasteiger partial charge < -0.3 is 9.63 Å². The Kier molecular flexibility index (Phi) is 4.95. The van der Waals surface area contributed by atoms with Crippen LogP contribution in [0.15, 0.2) is 30.3 Å². The molecule has 0 spiro atoms. The molecule has 1 saturated heterocycles. The molecule has 0 radical (unpaired) electrons. The van der Waals surface area contributed by atoms with Crippen molar-refractivity contribution in [2.45, 2.75) is 6.42 Å². The summed E-state index contributed by atoms with van der Waals surface area (Å²) in [4.78, 5) is 12.3. The van der Waals surface area contributed by atoms with E-state index in [0.717, 1.165) is 39.3 Å². The zero-order chi connectivity index (χ0) is 12.8. The molecule has 2 rings (SSSR count). The van der Waals surface area contributed by atoms with Crippen LogP contribution in [0.5, 0.6) is 0 Å². The van der Waals surface area contributed by atoms with Gasteiger partial charge in [0.2, 0.25) is 7.37 Å². The topological polar surface area (TPSA) is 49.8 Å². The lowest BCUT2D eigenvalue weighted by Crippen LogP contribution is -2.37. The van der Waals surface area contributed by atoms with Gasteiger partial charge in [-0.2, -0.15) is 0 Å². The predicted molar refractivity (Wildman–Crippen MR) is 72.6 cm³/mol. The molecule has 0 amide bonds. The second kappa shape index (κ2) is 6.48. The van der Waals surface area contributed by atoms with Crippen molar-refractivity contribution in [2.75, 3.05) is 39.0 Å². The minimum atomic E-state index is -3.17. The lowest BCUT2D eigenvalue weighted by molar-refractivity contribution is 0.0380. The van der Waals surface area contributed by atoms with Crippen molar-refractivity contribution in [1.82, 2.24) is 4.90 Å². The lowest BCUT2D eigenvalue weighted by atomic mass is 10.3. The first-order valence-electron chi connectivity index (χ1n) is 6.36. The van der Waals surface area contributed by atoms with Crippen molar-refractivity contribution in [2.24, 2.45) is 0 Å². The van der Waals surface area contributed by atoms with E-state index in [4.69, 9.17) is 4.74 Å². The van der Waals surface area contributed by atoms with Gasteiger partial charge in [-0.3, -0.25) is 9.46 Å². The summed E-state index contributed by atoms with van der Waals surface area (Å²) in [6.45, 7) is 4.29. The molecule has 1 aromatic rings. The number of hydrogen-bond donors (Lipinski definition) is 1. The maximum absolute atomic E-state index is 12.2. The van der Waals surface area contributed by atoms with E-state index in [1.165, 1.54) is 0 Å². The molecule has 100 valence electrons. The number of hydrogen-bond acceptors (Lipinski definition) is 3. The third-order valence-electron chi connectivity index (χ3n) is 3.20. The SMILES string of the molecule is O=P(O)(CCCN1CCOCC1)c1ccccc1. The molecular formula is C13H20NO3P. The summed E-state index contributed by atoms with van der Waals surface area (Å²) in [6.07, 6.45) is 1.11. The quantitative estimate of drug-likeness (QED) is 0.819. The minimum Gasteiger partial charge on any atom is -0.379 e. The maximum atomic E-state index is 12.2. The Morgan fingerprint density at radius 3 is 2.56 bits per heavy atom. The van der Waals surface area contributed by atoms with Gasteiger partial charge in [-0.25, -0.2) is 0 Å². The normalized spacial score (nSPS) is 20.5. The molecule has 0 aromatic heterocycles. The third-order valence-corrected chi connectivity index (χ3v) is 5.23. The van der Waals surface area contributed by atoms with E-state index in [0.29, 0.717) is 11.5 Å². The van der Waals surface area contributed by atoms with Crippen LogP contribution < -0.4 is 5.30 Å². The molecule has 1 N–H and O–H groups in total. The highest BCUT2D eigenvalue weighted by atomic mass is 31.2. The summed E-state index contributed by atoms with van der Waals surface area (Å²) in [5.41, 5.74) is 0. The number of benzene rings is 1. The lowest BCUT2D eigenvalue weighted by Gasteiger charge is -2.26. The van der Waals surface area contributed by atoms with Crippen LogP contribution in [0.1, 0.15) is 6.42 Å². The first-order valence-corrected chi connectivity index (χ1v) is 8.20. The minimum absolute atomic E-state index is 0.356. The fourth-order valence-electron chi connectivity index (χ4n) is 2.12. The van der Waals surface area contributed by atoms with E-state index >= 15 is 0 Å². The number of morpholine rings is 1. The summed E-state index contributed by atoms with van der Waals surface area (Å²) in [7, 11) is -3.17. The van der Waals surface area contributed by atoms with Crippen LogP contribution in [0.2, 0.25) is 0 Å². The third kappa shape index (κ3) is 3.92. The van der Waals surface area contributed by atoms with Crippen molar-refractivity contribution in [3.63, 3.8) is 0 Å². The average Bonchev–Trinajstić information content (AvgIpc) is 2.41. The molecule has 1 aliphatic heterocycles. The van der Waals surface area contributed by atoms with Gasteiger partial charge >= 0.3 is 0 Å². The molecule has 0 saturated carbocycles. The summed E-state index contributed by atoms with van der Waals surface area (Å²) >= 11 is 0. The molecule has 0 bridgehead atoms. The molecule has 5 heteroatoms. The van der Waals surface area contributed by atoms with Crippen LogP contribution in [0.4, 0.5) is 0 Å². The van der Waals surface area contributed by atoms with Crippen LogP contribution in [-0.2, 0) is 9.30 Å². The molecule has 4 nitrogen and oxygen atoms in total. The summed E-state index contributed by atoms with van der Waals surface area (Å²) < 4.78 is 17.4. The monoisotopic (exact) mass is 269 g/mol. The van der Waals surface area contributed by atoms with Crippen molar-refractivity contribution in [3.05, 3.63) is 30.3 Å². The zero-order valence-corrected chi connectivity index (χ0v) is 11.4. The Labute approximate surface area is 108 Å². The highest BCUT2D eigenvalue weighted by molar-refractivity contribution is 7.66. The van der Waals surface area contributed by atoms with Gasteiger partial charge in [-0.05, 0) is 25.1 Å². The number of ether oxygens (including phenoxy) is 1. The first-order chi connectivity index (χ1) is 8.68. The standard InChI is InChI=1S/C13H20NO3P/c15-18(16,13-5-2-1-3-6-13)12-4-7-14-8-10-17-11-9-14/h1-3,5-6H,4,7-12H2,(H,15,16). The summed E-state index contributed by atoms with van der Waals surface area (Å²) in [5, 5.41) is 0.562. The second-order valence-electron chi connectivity index (χ2n) is 4.57. The highest BCUT2D eigenvalue weighted by Gasteiger charge is 2.21. The Morgan fingerprint density at radius 1 is 1.22 bits per heavy atom. The van der Waals surface area contributed by atoms with Gasteiger partial charge in [0, 0.05) is 24.6 Å². The van der Waals surface area contributed by atoms with E-state index in [1.807, 2.05) is 6.07 Å². The molecule has 1 heterocycles. The molecule has 1 aliphatic rings. The van der Waals surface area contributed by atoms with E-state index in [1.54, 1.807) is 24.3 Å². The highest BCUT2D eigenvalue weighted by Crippen LogP contribution is 2.39. The summed E-state index contributed by atoms with van der Waals surface area (Å²) in [5.74, 6) is 0. The van der Waals surface area contributed by atoms with E-state index < -0.39 is 7.37 Å². The van der Waals surface area contributed by atoms with E-state index in [9.17, 15) is 9.46 Å². The molecule has 1 unspecified atom stereocenters. The van der Waals surface area contributed by atoms with Gasteiger partial charge in [0.15, 0.2) is 0 Å². The van der Waals surface area contributed by atoms with Crippen LogP contribution in [0.3, 0.4) is 0 Å². The van der Waals surface area contributed by atoms with Crippen LogP contribution in [0, 0.1) is 0 Å². The first kappa shape index (κ1) is 13.8. The molecule has 1 aromatic carbocycles. The van der Waals surface area contributed by atoms with Crippen molar-refractivity contribution < 1.29 is 14.2 Å². The van der Waals surface area contributed by atoms with Crippen molar-refractivity contribution in [3.8, 4) is 0 Å². The second-order valence-corrected chi connectivity index (χ2v) is 6.94. The van der Waals surface area contributed by atoms with Crippen molar-refractivity contribution in [1.29, 1.82) is 0 Å². The van der Waals surface area contributed by atoms with Gasteiger partial charge in [0.05, 0.1) is 13.2 Å². The smallest absolute Gasteiger partial charge is 0.229 e. The average molecular weight is 269 g/mol. The van der Waals surface area contributed by atoms with Crippen LogP contribution in [-0.4, -0.2) is 48.8 Å².